The van der Waals surface area contributed by atoms with Gasteiger partial charge in [-0.05, 0) is 62.3 Å². The van der Waals surface area contributed by atoms with E-state index in [0.717, 1.165) is 28.2 Å². The van der Waals surface area contributed by atoms with E-state index in [4.69, 9.17) is 44.3 Å². The number of ether oxygens (including phenoxy) is 1. The predicted molar refractivity (Wildman–Crippen MR) is 205 cm³/mol. The fourth-order valence-electron chi connectivity index (χ4n) is 5.03. The fraction of sp³-hybridized carbons (Fsp3) is 0.306. The first kappa shape index (κ1) is 39.6. The number of nitrogens with zero attached hydrogens (tertiary/aromatic N) is 5. The van der Waals surface area contributed by atoms with Gasteiger partial charge in [-0.25, -0.2) is 14.8 Å². The number of hydrogen-bond acceptors (Lipinski definition) is 12. The van der Waals surface area contributed by atoms with E-state index in [2.05, 4.69) is 27.4 Å². The fourth-order valence-corrected chi connectivity index (χ4v) is 6.97. The number of thioether (sulfide) groups is 1. The van der Waals surface area contributed by atoms with Crippen LogP contribution in [0.1, 0.15) is 55.0 Å². The molecule has 0 aliphatic carbocycles. The lowest BCUT2D eigenvalue weighted by atomic mass is 9.95. The average molecular weight is 759 g/mol. The molecule has 2 heterocycles. The lowest BCUT2D eigenvalue weighted by molar-refractivity contribution is -0.147. The van der Waals surface area contributed by atoms with Crippen LogP contribution < -0.4 is 28.3 Å². The molecule has 0 spiro atoms. The molecule has 0 aliphatic rings. The van der Waals surface area contributed by atoms with Crippen LogP contribution in [0, 0.1) is 22.7 Å². The second-order valence-corrected chi connectivity index (χ2v) is 14.0. The first-order valence-electron chi connectivity index (χ1n) is 16.3. The molecule has 1 amide bonds. The van der Waals surface area contributed by atoms with Crippen molar-refractivity contribution < 1.29 is 14.3 Å². The summed E-state index contributed by atoms with van der Waals surface area (Å²) < 4.78 is 5.34. The average Bonchev–Trinajstić information content (AvgIpc) is 3.61. The first-order valence-corrected chi connectivity index (χ1v) is 18.6. The number of esters is 1. The van der Waals surface area contributed by atoms with E-state index < -0.39 is 24.0 Å². The Hall–Kier alpha value is -5.19. The summed E-state index contributed by atoms with van der Waals surface area (Å²) in [5.74, 6) is -0.520. The summed E-state index contributed by atoms with van der Waals surface area (Å²) in [6, 6.07) is 17.8. The normalized spacial score (nSPS) is 11.9. The maximum atomic E-state index is 12.4. The number of nitrogens with two attached hydrogens (primary N) is 4. The summed E-state index contributed by atoms with van der Waals surface area (Å²) in [7, 11) is 0. The van der Waals surface area contributed by atoms with Crippen LogP contribution in [0.4, 0.5) is 5.82 Å². The Morgan fingerprint density at radius 2 is 1.71 bits per heavy atom. The number of aliphatic imine (C=N–C) groups is 1. The van der Waals surface area contributed by atoms with Gasteiger partial charge >= 0.3 is 5.97 Å². The number of halogens is 1. The van der Waals surface area contributed by atoms with E-state index in [0.29, 0.717) is 59.2 Å². The number of thiazole rings is 1. The molecule has 2 aromatic heterocycles. The van der Waals surface area contributed by atoms with Crippen LogP contribution in [-0.4, -0.2) is 53.0 Å². The molecule has 2 atom stereocenters. The summed E-state index contributed by atoms with van der Waals surface area (Å²) >= 11 is 8.86. The van der Waals surface area contributed by atoms with Crippen molar-refractivity contribution in [3.8, 4) is 33.8 Å². The zero-order valence-corrected chi connectivity index (χ0v) is 30.9. The molecule has 9 N–H and O–H groups in total. The largest absolute Gasteiger partial charge is 0.464 e. The first-order chi connectivity index (χ1) is 25.0. The van der Waals surface area contributed by atoms with Crippen LogP contribution in [0.15, 0.2) is 63.9 Å². The van der Waals surface area contributed by atoms with Gasteiger partial charge in [-0.3, -0.25) is 9.79 Å². The number of amides is 1. The number of carbonyl (C=O) groups is 2. The molecule has 16 heteroatoms. The van der Waals surface area contributed by atoms with Crippen LogP contribution >= 0.6 is 34.7 Å². The molecule has 2 aromatic carbocycles. The van der Waals surface area contributed by atoms with Gasteiger partial charge in [-0.2, -0.15) is 10.5 Å². The van der Waals surface area contributed by atoms with Crippen molar-refractivity contribution in [3.05, 3.63) is 81.3 Å². The van der Waals surface area contributed by atoms with Gasteiger partial charge in [0, 0.05) is 33.8 Å². The van der Waals surface area contributed by atoms with E-state index in [1.54, 1.807) is 6.92 Å². The summed E-state index contributed by atoms with van der Waals surface area (Å²) in [6.45, 7) is 2.10. The third-order valence-electron chi connectivity index (χ3n) is 7.78. The number of guanidine groups is 1. The molecule has 0 radical (unpaired) electrons. The maximum Gasteiger partial charge on any atom is 0.328 e. The quantitative estimate of drug-likeness (QED) is 0.0318. The molecule has 0 saturated carbocycles. The summed E-state index contributed by atoms with van der Waals surface area (Å²) in [6.07, 6.45) is 2.94. The Morgan fingerprint density at radius 3 is 2.38 bits per heavy atom. The van der Waals surface area contributed by atoms with Gasteiger partial charge in [0.2, 0.25) is 5.91 Å². The lowest BCUT2D eigenvalue weighted by Gasteiger charge is -2.16. The number of rotatable bonds is 17. The zero-order chi connectivity index (χ0) is 37.6. The highest BCUT2D eigenvalue weighted by Gasteiger charge is 2.22. The predicted octanol–water partition coefficient (Wildman–Crippen LogP) is 4.89. The number of benzene rings is 2. The highest BCUT2D eigenvalue weighted by atomic mass is 35.5. The highest BCUT2D eigenvalue weighted by molar-refractivity contribution is 7.98. The molecule has 4 aromatic rings. The minimum Gasteiger partial charge on any atom is -0.464 e. The van der Waals surface area contributed by atoms with E-state index in [1.165, 1.54) is 23.1 Å². The second-order valence-electron chi connectivity index (χ2n) is 11.7. The molecule has 270 valence electrons. The molecule has 13 nitrogen and oxygen atoms in total. The summed E-state index contributed by atoms with van der Waals surface area (Å²) in [5, 5.41) is 26.6. The number of aromatic nitrogens is 2. The van der Waals surface area contributed by atoms with Crippen molar-refractivity contribution in [2.45, 2.75) is 61.9 Å². The molecule has 0 unspecified atom stereocenters. The maximum absolute atomic E-state index is 12.4. The van der Waals surface area contributed by atoms with Crippen LogP contribution in [0.3, 0.4) is 0 Å². The minimum absolute atomic E-state index is 0.0249. The van der Waals surface area contributed by atoms with E-state index in [9.17, 15) is 20.1 Å². The number of hydrogen-bond donors (Lipinski definition) is 5. The number of pyridine rings is 1. The molecule has 0 aliphatic heterocycles. The van der Waals surface area contributed by atoms with Crippen LogP contribution in [0.2, 0.25) is 5.02 Å². The number of nitrogens with one attached hydrogen (secondary N) is 1. The Labute approximate surface area is 315 Å². The van der Waals surface area contributed by atoms with Crippen LogP contribution in [-0.2, 0) is 26.5 Å². The number of nitrogen functional groups attached to an aromatic ring is 1. The van der Waals surface area contributed by atoms with Gasteiger partial charge in [-0.15, -0.1) is 11.3 Å². The molecule has 4 rings (SSSR count). The molecular formula is C36H39ClN10O3S2. The minimum atomic E-state index is -0.846. The monoisotopic (exact) mass is 758 g/mol. The Kier molecular flexibility index (Phi) is 14.8. The Balaban J connectivity index is 1.30. The standard InChI is InChI=1S/C36H39ClN10O3S2/c1-21(45-32(48)29(40)6-4-15-44-36(42)43)35(49)50-16-3-2-5-22-7-9-23(10-8-22)30-27(17-38)31(41)47-34(28(30)18-39)52-20-26-19-51-33(46-26)24-11-13-25(37)14-12-24/h7-14,19,21,29H,2-6,15-16,20,40H2,1H3,(H2,41,47)(H,45,48)(H4,42,43,44)/t21-,29-/m0/s1. The van der Waals surface area contributed by atoms with Crippen molar-refractivity contribution in [2.75, 3.05) is 18.9 Å². The molecule has 0 bridgehead atoms. The van der Waals surface area contributed by atoms with Crippen molar-refractivity contribution in [1.29, 1.82) is 10.5 Å². The number of aryl methyl sites for hydroxylation is 1. The number of anilines is 1. The van der Waals surface area contributed by atoms with E-state index in [-0.39, 0.29) is 29.5 Å². The van der Waals surface area contributed by atoms with Gasteiger partial charge in [-0.1, -0.05) is 59.8 Å². The van der Waals surface area contributed by atoms with Crippen molar-refractivity contribution in [2.24, 2.45) is 22.2 Å². The zero-order valence-electron chi connectivity index (χ0n) is 28.5. The molecular weight excluding hydrogens is 720 g/mol. The topological polar surface area (TPSA) is 245 Å². The lowest BCUT2D eigenvalue weighted by Crippen LogP contribution is -2.47. The Morgan fingerprint density at radius 1 is 1.02 bits per heavy atom. The van der Waals surface area contributed by atoms with Crippen molar-refractivity contribution in [3.63, 3.8) is 0 Å². The Bertz CT molecular complexity index is 1970. The van der Waals surface area contributed by atoms with Gasteiger partial charge in [0.25, 0.3) is 0 Å². The van der Waals surface area contributed by atoms with Gasteiger partial charge < -0.3 is 33.0 Å². The van der Waals surface area contributed by atoms with Crippen molar-refractivity contribution >= 4 is 58.4 Å². The van der Waals surface area contributed by atoms with Gasteiger partial charge in [0.15, 0.2) is 5.96 Å². The number of unbranched alkanes of at least 4 members (excludes halogenated alkanes) is 1. The second kappa shape index (κ2) is 19.4. The molecule has 0 fully saturated rings. The molecule has 0 saturated heterocycles. The summed E-state index contributed by atoms with van der Waals surface area (Å²) in [4.78, 5) is 37.7. The van der Waals surface area contributed by atoms with E-state index >= 15 is 0 Å². The number of nitriles is 2. The van der Waals surface area contributed by atoms with E-state index in [1.807, 2.05) is 53.9 Å². The third-order valence-corrected chi connectivity index (χ3v) is 9.98. The van der Waals surface area contributed by atoms with Crippen molar-refractivity contribution in [1.82, 2.24) is 15.3 Å². The third kappa shape index (κ3) is 11.2. The van der Waals surface area contributed by atoms with Gasteiger partial charge in [0.1, 0.15) is 39.6 Å². The summed E-state index contributed by atoms with van der Waals surface area (Å²) in [5.41, 5.74) is 27.0. The van der Waals surface area contributed by atoms with Crippen LogP contribution in [0.5, 0.6) is 0 Å². The highest BCUT2D eigenvalue weighted by Crippen LogP contribution is 2.37. The van der Waals surface area contributed by atoms with Gasteiger partial charge in [0.05, 0.1) is 23.9 Å². The van der Waals surface area contributed by atoms with Crippen LogP contribution in [0.25, 0.3) is 21.7 Å². The smallest absolute Gasteiger partial charge is 0.328 e. The number of carbonyl (C=O) groups excluding carboxylic acids is 2. The SMILES string of the molecule is C[C@H](NC(=O)[C@@H](N)CCCN=C(N)N)C(=O)OCCCCc1ccc(-c2c(C#N)c(N)nc(SCc3csc(-c4ccc(Cl)cc4)n3)c2C#N)cc1. The molecule has 52 heavy (non-hydrogen) atoms.